The second-order valence-corrected chi connectivity index (χ2v) is 7.66. The third kappa shape index (κ3) is 4.07. The zero-order valence-corrected chi connectivity index (χ0v) is 17.2. The number of fused-ring (bicyclic) bond motifs is 1. The maximum Gasteiger partial charge on any atom is 0.251 e. The highest BCUT2D eigenvalue weighted by atomic mass is 16.5. The van der Waals surface area contributed by atoms with Gasteiger partial charge in [0.1, 0.15) is 6.61 Å². The normalized spacial score (nSPS) is 19.3. The van der Waals surface area contributed by atoms with E-state index in [1.54, 1.807) is 11.9 Å². The fourth-order valence-electron chi connectivity index (χ4n) is 3.84. The summed E-state index contributed by atoms with van der Waals surface area (Å²) < 4.78 is 7.75. The minimum atomic E-state index is -0.732. The number of likely N-dealkylation sites (N-methyl/N-ethyl adjacent to an activating group) is 1. The molecule has 30 heavy (non-hydrogen) atoms. The highest BCUT2D eigenvalue weighted by molar-refractivity contribution is 5.86. The molecule has 0 radical (unpaired) electrons. The highest BCUT2D eigenvalue weighted by Gasteiger charge is 2.39. The first-order valence-electron chi connectivity index (χ1n) is 10.2. The van der Waals surface area contributed by atoms with E-state index in [1.807, 2.05) is 61.8 Å². The van der Waals surface area contributed by atoms with Gasteiger partial charge in [-0.05, 0) is 31.0 Å². The molecule has 0 unspecified atom stereocenters. The molecule has 1 fully saturated rings. The van der Waals surface area contributed by atoms with Gasteiger partial charge in [-0.25, -0.2) is 4.98 Å². The van der Waals surface area contributed by atoms with Gasteiger partial charge in [-0.15, -0.1) is 0 Å². The molecule has 1 N–H and O–H groups in total. The summed E-state index contributed by atoms with van der Waals surface area (Å²) in [5.41, 5.74) is 4.06. The topological polar surface area (TPSA) is 76.5 Å². The van der Waals surface area contributed by atoms with Crippen molar-refractivity contribution in [3.63, 3.8) is 0 Å². The van der Waals surface area contributed by atoms with Gasteiger partial charge in [-0.1, -0.05) is 42.0 Å². The van der Waals surface area contributed by atoms with Crippen LogP contribution in [0.15, 0.2) is 54.9 Å². The predicted molar refractivity (Wildman–Crippen MR) is 114 cm³/mol. The smallest absolute Gasteiger partial charge is 0.251 e. The fourth-order valence-corrected chi connectivity index (χ4v) is 3.84. The van der Waals surface area contributed by atoms with Gasteiger partial charge in [0.25, 0.3) is 5.91 Å². The summed E-state index contributed by atoms with van der Waals surface area (Å²) in [4.78, 5) is 31.1. The number of aromatic nitrogens is 2. The third-order valence-electron chi connectivity index (χ3n) is 5.56. The van der Waals surface area contributed by atoms with Crippen LogP contribution in [0.25, 0.3) is 11.0 Å². The van der Waals surface area contributed by atoms with Crippen molar-refractivity contribution in [1.82, 2.24) is 19.8 Å². The highest BCUT2D eigenvalue weighted by Crippen LogP contribution is 2.29. The van der Waals surface area contributed by atoms with Gasteiger partial charge in [-0.3, -0.25) is 9.59 Å². The first kappa shape index (κ1) is 20.1. The lowest BCUT2D eigenvalue weighted by molar-refractivity contribution is -0.162. The van der Waals surface area contributed by atoms with Crippen molar-refractivity contribution in [3.8, 4) is 0 Å². The van der Waals surface area contributed by atoms with Crippen LogP contribution in [0, 0.1) is 6.92 Å². The molecule has 7 heteroatoms. The number of aryl methyl sites for hydroxylation is 2. The maximum atomic E-state index is 12.9. The molecule has 0 saturated carbocycles. The second kappa shape index (κ2) is 8.67. The van der Waals surface area contributed by atoms with Crippen LogP contribution in [-0.4, -0.2) is 52.6 Å². The Morgan fingerprint density at radius 2 is 1.97 bits per heavy atom. The lowest BCUT2D eigenvalue weighted by Gasteiger charge is -2.38. The summed E-state index contributed by atoms with van der Waals surface area (Å²) >= 11 is 0. The van der Waals surface area contributed by atoms with E-state index in [-0.39, 0.29) is 18.4 Å². The molecule has 156 valence electrons. The Labute approximate surface area is 175 Å². The summed E-state index contributed by atoms with van der Waals surface area (Å²) in [6.07, 6.45) is 1.86. The minimum absolute atomic E-state index is 0.0853. The summed E-state index contributed by atoms with van der Waals surface area (Å²) in [7, 11) is 1.72. The molecule has 2 amide bonds. The Morgan fingerprint density at radius 1 is 1.20 bits per heavy atom. The molecule has 2 atom stereocenters. The predicted octanol–water partition coefficient (Wildman–Crippen LogP) is 2.45. The molecular weight excluding hydrogens is 380 g/mol. The van der Waals surface area contributed by atoms with Crippen LogP contribution in [0.5, 0.6) is 0 Å². The zero-order chi connectivity index (χ0) is 21.1. The number of morpholine rings is 1. The number of para-hydroxylation sites is 2. The Hall–Kier alpha value is -3.19. The third-order valence-corrected chi connectivity index (χ3v) is 5.56. The number of hydrogen-bond donors (Lipinski definition) is 1. The SMILES string of the molecule is Cc1ccc([C@@H]2[C@@H](C(=O)NCCCn3cnc4ccccc43)OCC(=O)N2C)cc1. The average Bonchev–Trinajstić information content (AvgIpc) is 3.17. The Morgan fingerprint density at radius 3 is 2.77 bits per heavy atom. The van der Waals surface area contributed by atoms with Crippen molar-refractivity contribution in [2.24, 2.45) is 0 Å². The number of nitrogens with zero attached hydrogens (tertiary/aromatic N) is 3. The summed E-state index contributed by atoms with van der Waals surface area (Å²) in [6.45, 7) is 3.19. The number of carbonyl (C=O) groups is 2. The van der Waals surface area contributed by atoms with Crippen molar-refractivity contribution in [1.29, 1.82) is 0 Å². The van der Waals surface area contributed by atoms with E-state index in [0.717, 1.165) is 35.1 Å². The Kier molecular flexibility index (Phi) is 5.81. The van der Waals surface area contributed by atoms with Crippen LogP contribution in [0.3, 0.4) is 0 Å². The molecule has 1 aromatic heterocycles. The fraction of sp³-hybridized carbons (Fsp3) is 0.348. The molecule has 0 spiro atoms. The summed E-state index contributed by atoms with van der Waals surface area (Å²) in [5, 5.41) is 2.97. The standard InChI is InChI=1S/C23H26N4O3/c1-16-8-10-17(11-9-16)21-22(30-14-20(28)26(21)2)23(29)24-12-5-13-27-15-25-18-6-3-4-7-19(18)27/h3-4,6-11,15,21-22H,5,12-14H2,1-2H3,(H,24,29)/t21-,22+/m1/s1. The number of hydrogen-bond acceptors (Lipinski definition) is 4. The van der Waals surface area contributed by atoms with Crippen LogP contribution in [0.2, 0.25) is 0 Å². The molecule has 7 nitrogen and oxygen atoms in total. The number of benzene rings is 2. The first-order valence-corrected chi connectivity index (χ1v) is 10.2. The van der Waals surface area contributed by atoms with E-state index in [0.29, 0.717) is 6.54 Å². The van der Waals surface area contributed by atoms with Crippen LogP contribution in [0.4, 0.5) is 0 Å². The van der Waals surface area contributed by atoms with Gasteiger partial charge in [0.05, 0.1) is 23.4 Å². The molecule has 2 aromatic carbocycles. The van der Waals surface area contributed by atoms with Crippen LogP contribution >= 0.6 is 0 Å². The van der Waals surface area contributed by atoms with Crippen LogP contribution in [0.1, 0.15) is 23.6 Å². The number of nitrogens with one attached hydrogen (secondary N) is 1. The molecule has 1 aliphatic heterocycles. The largest absolute Gasteiger partial charge is 0.356 e. The number of rotatable bonds is 6. The van der Waals surface area contributed by atoms with Crippen molar-refractivity contribution in [3.05, 3.63) is 66.0 Å². The molecular formula is C23H26N4O3. The molecule has 0 bridgehead atoms. The Bertz CT molecular complexity index is 1040. The molecule has 2 heterocycles. The van der Waals surface area contributed by atoms with Gasteiger partial charge < -0.3 is 19.5 Å². The van der Waals surface area contributed by atoms with E-state index in [2.05, 4.69) is 14.9 Å². The number of imidazole rings is 1. The summed E-state index contributed by atoms with van der Waals surface area (Å²) in [6, 6.07) is 15.4. The van der Waals surface area contributed by atoms with Crippen molar-refractivity contribution in [2.45, 2.75) is 32.0 Å². The minimum Gasteiger partial charge on any atom is -0.356 e. The molecule has 1 aliphatic rings. The van der Waals surface area contributed by atoms with Gasteiger partial charge in [0.15, 0.2) is 6.10 Å². The van der Waals surface area contributed by atoms with Crippen LogP contribution in [-0.2, 0) is 20.9 Å². The van der Waals surface area contributed by atoms with Gasteiger partial charge in [0, 0.05) is 20.1 Å². The van der Waals surface area contributed by atoms with E-state index in [4.69, 9.17) is 4.74 Å². The van der Waals surface area contributed by atoms with E-state index in [1.165, 1.54) is 0 Å². The Balaban J connectivity index is 1.38. The monoisotopic (exact) mass is 406 g/mol. The quantitative estimate of drug-likeness (QED) is 0.638. The first-order chi connectivity index (χ1) is 14.5. The molecule has 1 saturated heterocycles. The van der Waals surface area contributed by atoms with Gasteiger partial charge in [-0.2, -0.15) is 0 Å². The number of amides is 2. The molecule has 3 aromatic rings. The second-order valence-electron chi connectivity index (χ2n) is 7.66. The number of ether oxygens (including phenoxy) is 1. The van der Waals surface area contributed by atoms with E-state index in [9.17, 15) is 9.59 Å². The van der Waals surface area contributed by atoms with Gasteiger partial charge >= 0.3 is 0 Å². The zero-order valence-electron chi connectivity index (χ0n) is 17.2. The lowest BCUT2D eigenvalue weighted by Crippen LogP contribution is -2.53. The average molecular weight is 406 g/mol. The van der Waals surface area contributed by atoms with Crippen LogP contribution < -0.4 is 5.32 Å². The lowest BCUT2D eigenvalue weighted by atomic mass is 9.96. The van der Waals surface area contributed by atoms with E-state index >= 15 is 0 Å². The van der Waals surface area contributed by atoms with Crippen molar-refractivity contribution in [2.75, 3.05) is 20.2 Å². The van der Waals surface area contributed by atoms with Crippen molar-refractivity contribution >= 4 is 22.8 Å². The molecule has 4 rings (SSSR count). The van der Waals surface area contributed by atoms with E-state index < -0.39 is 12.1 Å². The maximum absolute atomic E-state index is 12.9. The molecule has 0 aliphatic carbocycles. The van der Waals surface area contributed by atoms with Crippen molar-refractivity contribution < 1.29 is 14.3 Å². The summed E-state index contributed by atoms with van der Waals surface area (Å²) in [5.74, 6) is -0.327. The number of carbonyl (C=O) groups excluding carboxylic acids is 2. The van der Waals surface area contributed by atoms with Gasteiger partial charge in [0.2, 0.25) is 5.91 Å².